The molecule has 2 N–H and O–H groups in total. The minimum absolute atomic E-state index is 0.0687. The smallest absolute Gasteiger partial charge is 0.329 e. The third-order valence-corrected chi connectivity index (χ3v) is 6.36. The molecule has 1 fully saturated rings. The van der Waals surface area contributed by atoms with Crippen molar-refractivity contribution >= 4 is 16.9 Å². The van der Waals surface area contributed by atoms with Gasteiger partial charge >= 0.3 is 5.69 Å². The molecule has 154 valence electrons. The van der Waals surface area contributed by atoms with E-state index in [0.717, 1.165) is 31.4 Å². The number of rotatable bonds is 4. The van der Waals surface area contributed by atoms with Crippen LogP contribution in [-0.2, 0) is 19.9 Å². The van der Waals surface area contributed by atoms with E-state index >= 15 is 0 Å². The Bertz CT molecular complexity index is 1280. The van der Waals surface area contributed by atoms with Crippen molar-refractivity contribution in [3.63, 3.8) is 0 Å². The van der Waals surface area contributed by atoms with Gasteiger partial charge in [-0.15, -0.1) is 0 Å². The highest BCUT2D eigenvalue weighted by atomic mass is 16.2. The molecule has 1 aromatic carbocycles. The van der Waals surface area contributed by atoms with Crippen molar-refractivity contribution in [2.45, 2.75) is 38.5 Å². The van der Waals surface area contributed by atoms with Crippen molar-refractivity contribution in [1.29, 1.82) is 0 Å². The summed E-state index contributed by atoms with van der Waals surface area (Å²) in [4.78, 5) is 44.6. The highest BCUT2D eigenvalue weighted by Crippen LogP contribution is 2.40. The maximum Gasteiger partial charge on any atom is 0.329 e. The molecule has 1 saturated carbocycles. The quantitative estimate of drug-likeness (QED) is 0.695. The SMILES string of the molecule is Cn1c(=O)[nH]c(=O)c2c(C(=O)NCC3(C)Cc4ccccc4C3)cc(C3CC3)nc21. The van der Waals surface area contributed by atoms with E-state index in [1.807, 2.05) is 12.1 Å². The Labute approximate surface area is 173 Å². The van der Waals surface area contributed by atoms with Crippen molar-refractivity contribution < 1.29 is 4.79 Å². The molecule has 7 nitrogen and oxygen atoms in total. The van der Waals surface area contributed by atoms with Gasteiger partial charge in [-0.3, -0.25) is 19.1 Å². The lowest BCUT2D eigenvalue weighted by molar-refractivity contribution is 0.0936. The van der Waals surface area contributed by atoms with Crippen molar-refractivity contribution in [3.8, 4) is 0 Å². The van der Waals surface area contributed by atoms with Crippen LogP contribution in [0.15, 0.2) is 39.9 Å². The standard InChI is InChI=1S/C23H24N4O3/c1-23(10-14-5-3-4-6-15(14)11-23)12-24-20(28)16-9-17(13-7-8-13)25-19-18(16)21(29)26-22(30)27(19)2/h3-6,9,13H,7-8,10-12H2,1-2H3,(H,24,28)(H,26,29,30). The number of H-pyrrole nitrogens is 1. The van der Waals surface area contributed by atoms with E-state index in [0.29, 0.717) is 6.54 Å². The van der Waals surface area contributed by atoms with Gasteiger partial charge in [0, 0.05) is 25.2 Å². The summed E-state index contributed by atoms with van der Waals surface area (Å²) in [6.07, 6.45) is 3.83. The Morgan fingerprint density at radius 2 is 1.90 bits per heavy atom. The van der Waals surface area contributed by atoms with E-state index in [2.05, 4.69) is 34.3 Å². The Morgan fingerprint density at radius 3 is 2.53 bits per heavy atom. The number of fused-ring (bicyclic) bond motifs is 2. The number of hydrogen-bond donors (Lipinski definition) is 2. The molecule has 2 aromatic heterocycles. The molecule has 0 saturated heterocycles. The van der Waals surface area contributed by atoms with Crippen LogP contribution in [0.2, 0.25) is 0 Å². The first-order valence-electron chi connectivity index (χ1n) is 10.3. The Morgan fingerprint density at radius 1 is 1.23 bits per heavy atom. The van der Waals surface area contributed by atoms with Gasteiger partial charge in [0.1, 0.15) is 5.65 Å². The zero-order valence-corrected chi connectivity index (χ0v) is 17.1. The fraction of sp³-hybridized carbons (Fsp3) is 0.391. The molecule has 0 unspecified atom stereocenters. The molecule has 30 heavy (non-hydrogen) atoms. The monoisotopic (exact) mass is 404 g/mol. The first-order valence-corrected chi connectivity index (χ1v) is 10.3. The first kappa shape index (κ1) is 18.8. The summed E-state index contributed by atoms with van der Waals surface area (Å²) < 4.78 is 1.30. The molecule has 0 aliphatic heterocycles. The number of aromatic amines is 1. The minimum Gasteiger partial charge on any atom is -0.351 e. The number of benzene rings is 1. The zero-order valence-electron chi connectivity index (χ0n) is 17.1. The second-order valence-corrected chi connectivity index (χ2v) is 9.00. The summed E-state index contributed by atoms with van der Waals surface area (Å²) >= 11 is 0. The average Bonchev–Trinajstić information content (AvgIpc) is 3.51. The van der Waals surface area contributed by atoms with E-state index in [1.54, 1.807) is 13.1 Å². The number of carbonyl (C=O) groups is 1. The van der Waals surface area contributed by atoms with Crippen LogP contribution >= 0.6 is 0 Å². The zero-order chi connectivity index (χ0) is 21.0. The first-order chi connectivity index (χ1) is 14.3. The van der Waals surface area contributed by atoms with E-state index in [9.17, 15) is 14.4 Å². The molecule has 0 spiro atoms. The third-order valence-electron chi connectivity index (χ3n) is 6.36. The van der Waals surface area contributed by atoms with Gasteiger partial charge in [0.05, 0.1) is 10.9 Å². The van der Waals surface area contributed by atoms with Gasteiger partial charge in [-0.1, -0.05) is 31.2 Å². The molecular weight excluding hydrogens is 380 g/mol. The van der Waals surface area contributed by atoms with E-state index in [1.165, 1.54) is 15.7 Å². The van der Waals surface area contributed by atoms with Crippen LogP contribution in [0.4, 0.5) is 0 Å². The molecular formula is C23H24N4O3. The molecule has 0 atom stereocenters. The molecule has 0 radical (unpaired) electrons. The molecule has 2 aliphatic carbocycles. The summed E-state index contributed by atoms with van der Waals surface area (Å²) in [6, 6.07) is 10.1. The highest BCUT2D eigenvalue weighted by Gasteiger charge is 2.34. The predicted octanol–water partition coefficient (Wildman–Crippen LogP) is 2.03. The predicted molar refractivity (Wildman–Crippen MR) is 114 cm³/mol. The molecule has 7 heteroatoms. The number of nitrogens with one attached hydrogen (secondary N) is 2. The largest absolute Gasteiger partial charge is 0.351 e. The van der Waals surface area contributed by atoms with Crippen molar-refractivity contribution in [1.82, 2.24) is 19.9 Å². The normalized spacial score (nSPS) is 17.1. The van der Waals surface area contributed by atoms with Gasteiger partial charge in [0.2, 0.25) is 0 Å². The molecule has 0 bridgehead atoms. The van der Waals surface area contributed by atoms with Crippen LogP contribution in [0.25, 0.3) is 11.0 Å². The van der Waals surface area contributed by atoms with E-state index in [-0.39, 0.29) is 33.8 Å². The number of aromatic nitrogens is 3. The maximum atomic E-state index is 13.2. The van der Waals surface area contributed by atoms with E-state index in [4.69, 9.17) is 0 Å². The van der Waals surface area contributed by atoms with Gasteiger partial charge in [-0.25, -0.2) is 9.78 Å². The molecule has 1 amide bonds. The molecule has 2 heterocycles. The van der Waals surface area contributed by atoms with Crippen LogP contribution in [0.5, 0.6) is 0 Å². The fourth-order valence-electron chi connectivity index (χ4n) is 4.52. The number of pyridine rings is 1. The van der Waals surface area contributed by atoms with E-state index < -0.39 is 11.2 Å². The number of carbonyl (C=O) groups excluding carboxylic acids is 1. The Balaban J connectivity index is 1.48. The van der Waals surface area contributed by atoms with Crippen LogP contribution in [0.3, 0.4) is 0 Å². The Kier molecular flexibility index (Phi) is 4.17. The lowest BCUT2D eigenvalue weighted by Crippen LogP contribution is -2.37. The van der Waals surface area contributed by atoms with Crippen LogP contribution < -0.4 is 16.6 Å². The molecule has 3 aromatic rings. The summed E-state index contributed by atoms with van der Waals surface area (Å²) in [6.45, 7) is 2.68. The van der Waals surface area contributed by atoms with Gasteiger partial charge in [-0.2, -0.15) is 0 Å². The lowest BCUT2D eigenvalue weighted by Gasteiger charge is -2.24. The van der Waals surface area contributed by atoms with Crippen molar-refractivity contribution in [2.75, 3.05) is 6.54 Å². The van der Waals surface area contributed by atoms with Crippen molar-refractivity contribution in [2.24, 2.45) is 12.5 Å². The highest BCUT2D eigenvalue weighted by molar-refractivity contribution is 6.05. The second kappa shape index (κ2) is 6.65. The summed E-state index contributed by atoms with van der Waals surface area (Å²) in [7, 11) is 1.56. The molecule has 5 rings (SSSR count). The van der Waals surface area contributed by atoms with Gasteiger partial charge in [0.25, 0.3) is 11.5 Å². The van der Waals surface area contributed by atoms with Gasteiger partial charge in [0.15, 0.2) is 0 Å². The molecule has 2 aliphatic rings. The maximum absolute atomic E-state index is 13.2. The third kappa shape index (κ3) is 3.14. The van der Waals surface area contributed by atoms with Crippen LogP contribution in [-0.4, -0.2) is 27.0 Å². The van der Waals surface area contributed by atoms with Crippen LogP contribution in [0.1, 0.15) is 52.9 Å². The fourth-order valence-corrected chi connectivity index (χ4v) is 4.52. The number of nitrogens with zero attached hydrogens (tertiary/aromatic N) is 2. The summed E-state index contributed by atoms with van der Waals surface area (Å²) in [5.74, 6) is -0.0113. The lowest BCUT2D eigenvalue weighted by atomic mass is 9.87. The Hall–Kier alpha value is -3.22. The van der Waals surface area contributed by atoms with Crippen LogP contribution in [0, 0.1) is 5.41 Å². The van der Waals surface area contributed by atoms with Gasteiger partial charge in [-0.05, 0) is 48.3 Å². The van der Waals surface area contributed by atoms with Gasteiger partial charge < -0.3 is 5.32 Å². The summed E-state index contributed by atoms with van der Waals surface area (Å²) in [5, 5.41) is 3.21. The number of aryl methyl sites for hydroxylation is 1. The number of hydrogen-bond acceptors (Lipinski definition) is 4. The topological polar surface area (TPSA) is 96.9 Å². The number of amides is 1. The van der Waals surface area contributed by atoms with Crippen molar-refractivity contribution in [3.05, 3.63) is 73.6 Å². The second-order valence-electron chi connectivity index (χ2n) is 9.00. The minimum atomic E-state index is -0.576. The average molecular weight is 404 g/mol. The summed E-state index contributed by atoms with van der Waals surface area (Å²) in [5.41, 5.74) is 2.80.